The first-order chi connectivity index (χ1) is 16.7. The number of fused-ring (bicyclic) bond motifs is 1. The molecule has 0 radical (unpaired) electrons. The summed E-state index contributed by atoms with van der Waals surface area (Å²) in [5.74, 6) is 1.26. The molecule has 0 saturated carbocycles. The van der Waals surface area contributed by atoms with Crippen LogP contribution in [0.15, 0.2) is 67.4 Å². The summed E-state index contributed by atoms with van der Waals surface area (Å²) >= 11 is 0. The number of hydrogen-bond donors (Lipinski definition) is 1. The van der Waals surface area contributed by atoms with E-state index in [1.807, 2.05) is 62.0 Å². The SMILES string of the molecule is Cn1cc(-c2cccc3nc(Nc4ccc(-n5cnc(N6CCOCC6)n5)cc4)ncc23)cn1. The molecule has 1 saturated heterocycles. The van der Waals surface area contributed by atoms with Gasteiger partial charge in [-0.3, -0.25) is 4.68 Å². The van der Waals surface area contributed by atoms with Crippen LogP contribution in [0.1, 0.15) is 0 Å². The Kier molecular flexibility index (Phi) is 5.11. The molecular weight excluding hydrogens is 430 g/mol. The van der Waals surface area contributed by atoms with Crippen molar-refractivity contribution in [1.29, 1.82) is 0 Å². The molecule has 4 heterocycles. The van der Waals surface area contributed by atoms with Crippen molar-refractivity contribution in [3.63, 3.8) is 0 Å². The molecule has 34 heavy (non-hydrogen) atoms. The monoisotopic (exact) mass is 453 g/mol. The number of ether oxygens (including phenoxy) is 1. The van der Waals surface area contributed by atoms with Gasteiger partial charge in [0.1, 0.15) is 6.33 Å². The van der Waals surface area contributed by atoms with Crippen LogP contribution >= 0.6 is 0 Å². The van der Waals surface area contributed by atoms with Gasteiger partial charge in [-0.25, -0.2) is 14.6 Å². The lowest BCUT2D eigenvalue weighted by atomic mass is 10.1. The van der Waals surface area contributed by atoms with E-state index in [4.69, 9.17) is 9.72 Å². The number of nitrogens with zero attached hydrogens (tertiary/aromatic N) is 8. The van der Waals surface area contributed by atoms with E-state index in [-0.39, 0.29) is 0 Å². The molecule has 0 atom stereocenters. The Balaban J connectivity index is 1.20. The van der Waals surface area contributed by atoms with Crippen LogP contribution in [-0.2, 0) is 11.8 Å². The van der Waals surface area contributed by atoms with Gasteiger partial charge in [0.15, 0.2) is 0 Å². The molecule has 0 spiro atoms. The minimum absolute atomic E-state index is 0.541. The Morgan fingerprint density at radius 3 is 2.62 bits per heavy atom. The summed E-state index contributed by atoms with van der Waals surface area (Å²) in [7, 11) is 1.91. The van der Waals surface area contributed by atoms with E-state index >= 15 is 0 Å². The molecule has 170 valence electrons. The Morgan fingerprint density at radius 1 is 0.971 bits per heavy atom. The number of rotatable bonds is 5. The predicted octanol–water partition coefficient (Wildman–Crippen LogP) is 3.19. The maximum absolute atomic E-state index is 5.40. The second-order valence-electron chi connectivity index (χ2n) is 8.10. The first kappa shape index (κ1) is 20.3. The summed E-state index contributed by atoms with van der Waals surface area (Å²) in [4.78, 5) is 15.8. The molecule has 0 bridgehead atoms. The summed E-state index contributed by atoms with van der Waals surface area (Å²) < 4.78 is 8.97. The predicted molar refractivity (Wildman–Crippen MR) is 129 cm³/mol. The van der Waals surface area contributed by atoms with Crippen LogP contribution in [0.2, 0.25) is 0 Å². The molecule has 1 aliphatic heterocycles. The molecule has 2 aromatic carbocycles. The van der Waals surface area contributed by atoms with Crippen LogP contribution in [0.5, 0.6) is 0 Å². The van der Waals surface area contributed by atoms with Gasteiger partial charge in [-0.1, -0.05) is 12.1 Å². The van der Waals surface area contributed by atoms with Gasteiger partial charge in [0.2, 0.25) is 11.9 Å². The molecule has 1 aliphatic rings. The quantitative estimate of drug-likeness (QED) is 0.433. The molecule has 3 aromatic heterocycles. The molecule has 0 unspecified atom stereocenters. The van der Waals surface area contributed by atoms with Crippen molar-refractivity contribution in [2.24, 2.45) is 7.05 Å². The molecular formula is C24H23N9O. The summed E-state index contributed by atoms with van der Waals surface area (Å²) in [6.45, 7) is 3.03. The van der Waals surface area contributed by atoms with Gasteiger partial charge in [-0.05, 0) is 35.9 Å². The summed E-state index contributed by atoms with van der Waals surface area (Å²) in [6.07, 6.45) is 7.42. The number of hydrogen-bond acceptors (Lipinski definition) is 8. The van der Waals surface area contributed by atoms with Gasteiger partial charge >= 0.3 is 0 Å². The molecule has 0 amide bonds. The van der Waals surface area contributed by atoms with Crippen molar-refractivity contribution in [2.45, 2.75) is 0 Å². The van der Waals surface area contributed by atoms with E-state index in [9.17, 15) is 0 Å². The second-order valence-corrected chi connectivity index (χ2v) is 8.10. The van der Waals surface area contributed by atoms with Crippen molar-refractivity contribution in [3.8, 4) is 16.8 Å². The van der Waals surface area contributed by atoms with E-state index in [1.165, 1.54) is 0 Å². The van der Waals surface area contributed by atoms with Gasteiger partial charge in [0, 0.05) is 49.2 Å². The van der Waals surface area contributed by atoms with Crippen molar-refractivity contribution < 1.29 is 4.74 Å². The van der Waals surface area contributed by atoms with Crippen LogP contribution in [0.4, 0.5) is 17.6 Å². The van der Waals surface area contributed by atoms with Gasteiger partial charge < -0.3 is 15.0 Å². The highest BCUT2D eigenvalue weighted by Crippen LogP contribution is 2.28. The second kappa shape index (κ2) is 8.56. The van der Waals surface area contributed by atoms with Gasteiger partial charge in [-0.2, -0.15) is 10.1 Å². The third kappa shape index (κ3) is 3.95. The fourth-order valence-electron chi connectivity index (χ4n) is 4.04. The van der Waals surface area contributed by atoms with Crippen molar-refractivity contribution >= 4 is 28.5 Å². The molecule has 0 aliphatic carbocycles. The normalized spacial score (nSPS) is 14.0. The van der Waals surface area contributed by atoms with Crippen molar-refractivity contribution in [1.82, 2.24) is 34.5 Å². The van der Waals surface area contributed by atoms with Crippen LogP contribution in [-0.4, -0.2) is 60.8 Å². The average Bonchev–Trinajstić information content (AvgIpc) is 3.54. The Morgan fingerprint density at radius 2 is 1.82 bits per heavy atom. The fourth-order valence-corrected chi connectivity index (χ4v) is 4.04. The van der Waals surface area contributed by atoms with Gasteiger partial charge in [-0.15, -0.1) is 5.10 Å². The molecule has 1 N–H and O–H groups in total. The number of morpholine rings is 1. The standard InChI is InChI=1S/C24H23N9O/c1-31-15-17(13-27-31)20-3-2-4-22-21(20)14-25-23(29-22)28-18-5-7-19(8-6-18)33-16-26-24(30-33)32-9-11-34-12-10-32/h2-8,13-16H,9-12H2,1H3,(H,25,28,29). The van der Waals surface area contributed by atoms with E-state index in [0.717, 1.165) is 52.4 Å². The van der Waals surface area contributed by atoms with Crippen LogP contribution in [0.3, 0.4) is 0 Å². The Hall–Kier alpha value is -4.31. The molecule has 6 rings (SSSR count). The largest absolute Gasteiger partial charge is 0.378 e. The third-order valence-electron chi connectivity index (χ3n) is 5.80. The van der Waals surface area contributed by atoms with Crippen molar-refractivity contribution in [2.75, 3.05) is 36.5 Å². The van der Waals surface area contributed by atoms with E-state index in [2.05, 4.69) is 36.4 Å². The third-order valence-corrected chi connectivity index (χ3v) is 5.80. The number of anilines is 3. The van der Waals surface area contributed by atoms with Gasteiger partial charge in [0.25, 0.3) is 0 Å². The maximum Gasteiger partial charge on any atom is 0.245 e. The van der Waals surface area contributed by atoms with E-state index < -0.39 is 0 Å². The zero-order valence-electron chi connectivity index (χ0n) is 18.7. The number of aryl methyl sites for hydroxylation is 1. The molecule has 1 fully saturated rings. The fraction of sp³-hybridized carbons (Fsp3) is 0.208. The van der Waals surface area contributed by atoms with Crippen LogP contribution in [0.25, 0.3) is 27.7 Å². The molecule has 10 nitrogen and oxygen atoms in total. The summed E-state index contributed by atoms with van der Waals surface area (Å²) in [5.41, 5.74) is 4.79. The number of aromatic nitrogens is 7. The summed E-state index contributed by atoms with van der Waals surface area (Å²) in [5, 5.41) is 13.2. The van der Waals surface area contributed by atoms with Crippen LogP contribution in [0, 0.1) is 0 Å². The lowest BCUT2D eigenvalue weighted by Gasteiger charge is -2.25. The van der Waals surface area contributed by atoms with Gasteiger partial charge in [0.05, 0.1) is 30.6 Å². The smallest absolute Gasteiger partial charge is 0.245 e. The van der Waals surface area contributed by atoms with Crippen molar-refractivity contribution in [3.05, 3.63) is 67.4 Å². The lowest BCUT2D eigenvalue weighted by Crippen LogP contribution is -2.37. The maximum atomic E-state index is 5.40. The highest BCUT2D eigenvalue weighted by atomic mass is 16.5. The average molecular weight is 454 g/mol. The number of nitrogens with one attached hydrogen (secondary N) is 1. The highest BCUT2D eigenvalue weighted by Gasteiger charge is 2.15. The number of benzene rings is 2. The first-order valence-corrected chi connectivity index (χ1v) is 11.1. The topological polar surface area (TPSA) is 98.8 Å². The first-order valence-electron chi connectivity index (χ1n) is 11.1. The minimum Gasteiger partial charge on any atom is -0.378 e. The Labute approximate surface area is 195 Å². The highest BCUT2D eigenvalue weighted by molar-refractivity contribution is 5.94. The Bertz CT molecular complexity index is 1430. The lowest BCUT2D eigenvalue weighted by molar-refractivity contribution is 0.122. The van der Waals surface area contributed by atoms with E-state index in [1.54, 1.807) is 15.7 Å². The minimum atomic E-state index is 0.541. The summed E-state index contributed by atoms with van der Waals surface area (Å²) in [6, 6.07) is 14.0. The molecule has 5 aromatic rings. The zero-order chi connectivity index (χ0) is 22.9. The zero-order valence-corrected chi connectivity index (χ0v) is 18.7. The van der Waals surface area contributed by atoms with Crippen LogP contribution < -0.4 is 10.2 Å². The van der Waals surface area contributed by atoms with E-state index in [0.29, 0.717) is 19.2 Å². The molecule has 10 heteroatoms.